The maximum absolute atomic E-state index is 14.0. The van der Waals surface area contributed by atoms with E-state index in [-0.39, 0.29) is 24.4 Å². The summed E-state index contributed by atoms with van der Waals surface area (Å²) in [5.41, 5.74) is 1.13. The number of halogens is 2. The van der Waals surface area contributed by atoms with Crippen molar-refractivity contribution in [1.82, 2.24) is 5.32 Å². The number of carbonyl (C=O) groups excluding carboxylic acids is 1. The highest BCUT2D eigenvalue weighted by Crippen LogP contribution is 2.25. The van der Waals surface area contributed by atoms with E-state index in [2.05, 4.69) is 10.6 Å². The molecule has 5 nitrogen and oxygen atoms in total. The molecule has 1 amide bonds. The molecule has 0 unspecified atom stereocenters. The smallest absolute Gasteiger partial charge is 0.253 e. The zero-order valence-electron chi connectivity index (χ0n) is 11.9. The molecule has 3 N–H and O–H groups in total. The summed E-state index contributed by atoms with van der Waals surface area (Å²) in [5.74, 6) is -0.877. The van der Waals surface area contributed by atoms with Crippen molar-refractivity contribution < 1.29 is 14.3 Å². The lowest BCUT2D eigenvalue weighted by atomic mass is 10.1. The van der Waals surface area contributed by atoms with Crippen LogP contribution in [0.1, 0.15) is 15.9 Å². The van der Waals surface area contributed by atoms with E-state index in [0.29, 0.717) is 11.3 Å². The van der Waals surface area contributed by atoms with Gasteiger partial charge in [0.05, 0.1) is 35.2 Å². The Balaban J connectivity index is 2.38. The Hall–Kier alpha value is -2.18. The van der Waals surface area contributed by atoms with Gasteiger partial charge in [0.15, 0.2) is 0 Å². The maximum atomic E-state index is 14.0. The Morgan fingerprint density at radius 1 is 1.26 bits per heavy atom. The van der Waals surface area contributed by atoms with Gasteiger partial charge in [0.25, 0.3) is 5.91 Å². The highest BCUT2D eigenvalue weighted by Gasteiger charge is 2.13. The Kier molecular flexibility index (Phi) is 5.90. The van der Waals surface area contributed by atoms with Crippen LogP contribution in [0, 0.1) is 20.7 Å². The Bertz CT molecular complexity index is 774. The molecule has 0 aliphatic rings. The molecular formula is C16H13FIN3O2. The quantitative estimate of drug-likeness (QED) is 0.644. The second kappa shape index (κ2) is 7.89. The molecule has 118 valence electrons. The molecule has 0 saturated heterocycles. The van der Waals surface area contributed by atoms with Gasteiger partial charge in [-0.1, -0.05) is 0 Å². The van der Waals surface area contributed by atoms with Gasteiger partial charge in [-0.25, -0.2) is 4.39 Å². The zero-order chi connectivity index (χ0) is 16.8. The van der Waals surface area contributed by atoms with Crippen molar-refractivity contribution in [3.05, 3.63) is 56.9 Å². The predicted octanol–water partition coefficient (Wildman–Crippen LogP) is 2.77. The SMILES string of the molecule is N#Cc1ccc(C(=O)NCCO)c(Nc2ccc(I)cc2F)c1. The second-order valence-electron chi connectivity index (χ2n) is 4.60. The summed E-state index contributed by atoms with van der Waals surface area (Å²) >= 11 is 2.00. The summed E-state index contributed by atoms with van der Waals surface area (Å²) in [4.78, 5) is 12.1. The van der Waals surface area contributed by atoms with E-state index in [1.165, 1.54) is 24.3 Å². The first-order valence-electron chi connectivity index (χ1n) is 6.70. The van der Waals surface area contributed by atoms with Crippen LogP contribution < -0.4 is 10.6 Å². The lowest BCUT2D eigenvalue weighted by Gasteiger charge is -2.13. The Morgan fingerprint density at radius 3 is 2.70 bits per heavy atom. The van der Waals surface area contributed by atoms with Gasteiger partial charge >= 0.3 is 0 Å². The number of carbonyl (C=O) groups is 1. The number of aliphatic hydroxyl groups is 1. The number of hydrogen-bond donors (Lipinski definition) is 3. The number of amides is 1. The van der Waals surface area contributed by atoms with E-state index < -0.39 is 11.7 Å². The monoisotopic (exact) mass is 425 g/mol. The molecule has 0 saturated carbocycles. The molecule has 0 atom stereocenters. The van der Waals surface area contributed by atoms with Crippen LogP contribution in [0.4, 0.5) is 15.8 Å². The van der Waals surface area contributed by atoms with Crippen LogP contribution >= 0.6 is 22.6 Å². The van der Waals surface area contributed by atoms with E-state index in [0.717, 1.165) is 3.57 Å². The van der Waals surface area contributed by atoms with E-state index in [1.807, 2.05) is 28.7 Å². The minimum atomic E-state index is -0.457. The van der Waals surface area contributed by atoms with Crippen molar-refractivity contribution >= 4 is 39.9 Å². The normalized spacial score (nSPS) is 10.0. The van der Waals surface area contributed by atoms with Crippen LogP contribution in [0.25, 0.3) is 0 Å². The number of aliphatic hydroxyl groups excluding tert-OH is 1. The van der Waals surface area contributed by atoms with Crippen LogP contribution in [0.5, 0.6) is 0 Å². The van der Waals surface area contributed by atoms with Gasteiger partial charge in [0, 0.05) is 10.1 Å². The molecule has 23 heavy (non-hydrogen) atoms. The van der Waals surface area contributed by atoms with Gasteiger partial charge in [-0.15, -0.1) is 0 Å². The summed E-state index contributed by atoms with van der Waals surface area (Å²) in [7, 11) is 0. The lowest BCUT2D eigenvalue weighted by Crippen LogP contribution is -2.27. The standard InChI is InChI=1S/C16H13FIN3O2/c17-13-8-11(18)2-4-14(13)21-15-7-10(9-19)1-3-12(15)16(23)20-5-6-22/h1-4,7-8,21-22H,5-6H2,(H,20,23). The highest BCUT2D eigenvalue weighted by atomic mass is 127. The van der Waals surface area contributed by atoms with Crippen molar-refractivity contribution in [1.29, 1.82) is 5.26 Å². The van der Waals surface area contributed by atoms with Crippen molar-refractivity contribution in [3.8, 4) is 6.07 Å². The minimum absolute atomic E-state index is 0.107. The van der Waals surface area contributed by atoms with Crippen LogP contribution in [-0.4, -0.2) is 24.2 Å². The first-order chi connectivity index (χ1) is 11.0. The number of nitriles is 1. The third-order valence-electron chi connectivity index (χ3n) is 2.99. The van der Waals surface area contributed by atoms with Gasteiger partial charge in [0.1, 0.15) is 5.82 Å². The fourth-order valence-electron chi connectivity index (χ4n) is 1.92. The summed E-state index contributed by atoms with van der Waals surface area (Å²) in [6, 6.07) is 11.1. The van der Waals surface area contributed by atoms with Crippen molar-refractivity contribution in [2.45, 2.75) is 0 Å². The van der Waals surface area contributed by atoms with Crippen molar-refractivity contribution in [2.24, 2.45) is 0 Å². The minimum Gasteiger partial charge on any atom is -0.395 e. The molecule has 7 heteroatoms. The van der Waals surface area contributed by atoms with Gasteiger partial charge in [-0.05, 0) is 59.0 Å². The summed E-state index contributed by atoms with van der Waals surface area (Å²) in [6.45, 7) is -0.0767. The molecule has 2 rings (SSSR count). The van der Waals surface area contributed by atoms with Crippen LogP contribution in [0.3, 0.4) is 0 Å². The third kappa shape index (κ3) is 4.40. The van der Waals surface area contributed by atoms with Crippen molar-refractivity contribution in [2.75, 3.05) is 18.5 Å². The fraction of sp³-hybridized carbons (Fsp3) is 0.125. The number of anilines is 2. The van der Waals surface area contributed by atoms with Crippen LogP contribution in [-0.2, 0) is 0 Å². The van der Waals surface area contributed by atoms with E-state index >= 15 is 0 Å². The van der Waals surface area contributed by atoms with E-state index in [1.54, 1.807) is 12.1 Å². The molecule has 0 aliphatic carbocycles. The Labute approximate surface area is 146 Å². The van der Waals surface area contributed by atoms with Gasteiger partial charge in [-0.2, -0.15) is 5.26 Å². The van der Waals surface area contributed by atoms with Crippen LogP contribution in [0.15, 0.2) is 36.4 Å². The highest BCUT2D eigenvalue weighted by molar-refractivity contribution is 14.1. The molecule has 0 heterocycles. The predicted molar refractivity (Wildman–Crippen MR) is 93.0 cm³/mol. The third-order valence-corrected chi connectivity index (χ3v) is 3.66. The molecule has 0 aromatic heterocycles. The molecule has 0 bridgehead atoms. The van der Waals surface area contributed by atoms with Gasteiger partial charge in [0.2, 0.25) is 0 Å². The van der Waals surface area contributed by atoms with Gasteiger partial charge < -0.3 is 15.7 Å². The molecule has 2 aromatic carbocycles. The maximum Gasteiger partial charge on any atom is 0.253 e. The van der Waals surface area contributed by atoms with E-state index in [4.69, 9.17) is 10.4 Å². The number of benzene rings is 2. The second-order valence-corrected chi connectivity index (χ2v) is 5.85. The lowest BCUT2D eigenvalue weighted by molar-refractivity contribution is 0.0945. The zero-order valence-corrected chi connectivity index (χ0v) is 14.1. The Morgan fingerprint density at radius 2 is 2.04 bits per heavy atom. The summed E-state index contributed by atoms with van der Waals surface area (Å²) < 4.78 is 14.7. The first kappa shape index (κ1) is 17.2. The summed E-state index contributed by atoms with van der Waals surface area (Å²) in [6.07, 6.45) is 0. The molecule has 0 radical (unpaired) electrons. The molecule has 0 spiro atoms. The summed E-state index contributed by atoms with van der Waals surface area (Å²) in [5, 5.41) is 23.2. The molecule has 2 aromatic rings. The van der Waals surface area contributed by atoms with Crippen LogP contribution in [0.2, 0.25) is 0 Å². The molecule has 0 fully saturated rings. The number of nitrogens with zero attached hydrogens (tertiary/aromatic N) is 1. The number of nitrogens with one attached hydrogen (secondary N) is 2. The number of hydrogen-bond acceptors (Lipinski definition) is 4. The fourth-order valence-corrected chi connectivity index (χ4v) is 2.37. The van der Waals surface area contributed by atoms with E-state index in [9.17, 15) is 9.18 Å². The molecular weight excluding hydrogens is 412 g/mol. The largest absolute Gasteiger partial charge is 0.395 e. The molecule has 0 aliphatic heterocycles. The topological polar surface area (TPSA) is 85.2 Å². The average Bonchev–Trinajstić information content (AvgIpc) is 2.55. The average molecular weight is 425 g/mol. The van der Waals surface area contributed by atoms with Gasteiger partial charge in [-0.3, -0.25) is 4.79 Å². The number of rotatable bonds is 5. The first-order valence-corrected chi connectivity index (χ1v) is 7.78. The van der Waals surface area contributed by atoms with Crippen molar-refractivity contribution in [3.63, 3.8) is 0 Å².